The van der Waals surface area contributed by atoms with Crippen LogP contribution in [0.3, 0.4) is 0 Å². The predicted octanol–water partition coefficient (Wildman–Crippen LogP) is 4.36. The van der Waals surface area contributed by atoms with Crippen LogP contribution in [0, 0.1) is 5.82 Å². The fourth-order valence-corrected chi connectivity index (χ4v) is 2.94. The summed E-state index contributed by atoms with van der Waals surface area (Å²) in [6.45, 7) is 3.32. The van der Waals surface area contributed by atoms with Crippen molar-refractivity contribution in [1.29, 1.82) is 0 Å². The fourth-order valence-electron chi connectivity index (χ4n) is 2.94. The van der Waals surface area contributed by atoms with Crippen LogP contribution in [0.25, 0.3) is 0 Å². The summed E-state index contributed by atoms with van der Waals surface area (Å²) in [5, 5.41) is 5.54. The highest BCUT2D eigenvalue weighted by molar-refractivity contribution is 6.04. The lowest BCUT2D eigenvalue weighted by Gasteiger charge is -2.15. The number of nitrogens with one attached hydrogen (secondary N) is 2. The molecule has 3 rings (SSSR count). The monoisotopic (exact) mass is 434 g/mol. The fraction of sp³-hybridized carbons (Fsp3) is 0.160. The molecular formula is C25H23FN2O4. The van der Waals surface area contributed by atoms with Crippen molar-refractivity contribution in [2.24, 2.45) is 0 Å². The van der Waals surface area contributed by atoms with Gasteiger partial charge in [0, 0.05) is 23.4 Å². The van der Waals surface area contributed by atoms with E-state index in [9.17, 15) is 18.8 Å². The van der Waals surface area contributed by atoms with Gasteiger partial charge in [0.25, 0.3) is 11.8 Å². The highest BCUT2D eigenvalue weighted by Gasteiger charge is 2.15. The minimum Gasteiger partial charge on any atom is -0.481 e. The molecule has 164 valence electrons. The molecule has 0 radical (unpaired) electrons. The third kappa shape index (κ3) is 6.25. The molecule has 1 unspecified atom stereocenters. The number of hydrogen-bond donors (Lipinski definition) is 2. The summed E-state index contributed by atoms with van der Waals surface area (Å²) in [6, 6.07) is 19.0. The van der Waals surface area contributed by atoms with E-state index in [4.69, 9.17) is 4.74 Å². The third-order valence-electron chi connectivity index (χ3n) is 4.68. The van der Waals surface area contributed by atoms with Crippen molar-refractivity contribution >= 4 is 23.3 Å². The molecule has 0 bridgehead atoms. The predicted molar refractivity (Wildman–Crippen MR) is 119 cm³/mol. The number of carbonyl (C=O) groups is 3. The zero-order valence-electron chi connectivity index (χ0n) is 17.7. The van der Waals surface area contributed by atoms with E-state index in [1.807, 2.05) is 6.07 Å². The van der Waals surface area contributed by atoms with Crippen molar-refractivity contribution < 1.29 is 23.5 Å². The second-order valence-electron chi connectivity index (χ2n) is 7.22. The molecule has 2 N–H and O–H groups in total. The first kappa shape index (κ1) is 22.7. The number of ketones is 1. The number of hydrogen-bond acceptors (Lipinski definition) is 4. The van der Waals surface area contributed by atoms with Crippen LogP contribution in [-0.4, -0.2) is 23.7 Å². The number of rotatable bonds is 8. The molecule has 0 aliphatic rings. The molecule has 0 saturated carbocycles. The lowest BCUT2D eigenvalue weighted by Crippen LogP contribution is -2.35. The number of amides is 2. The zero-order valence-corrected chi connectivity index (χ0v) is 17.7. The van der Waals surface area contributed by atoms with Crippen LogP contribution in [0.1, 0.15) is 40.1 Å². The SMILES string of the molecule is CC(=O)c1cccc(OC(C)C(=O)NCc2cccc(NC(=O)c3ccc(F)cc3)c2)c1. The molecule has 0 heterocycles. The van der Waals surface area contributed by atoms with E-state index in [1.54, 1.807) is 49.4 Å². The van der Waals surface area contributed by atoms with E-state index in [0.717, 1.165) is 5.56 Å². The molecule has 2 amide bonds. The van der Waals surface area contributed by atoms with Crippen molar-refractivity contribution in [2.75, 3.05) is 5.32 Å². The number of halogens is 1. The second-order valence-corrected chi connectivity index (χ2v) is 7.22. The van der Waals surface area contributed by atoms with Gasteiger partial charge in [-0.1, -0.05) is 24.3 Å². The molecule has 7 heteroatoms. The van der Waals surface area contributed by atoms with Crippen LogP contribution >= 0.6 is 0 Å². The Balaban J connectivity index is 1.55. The Morgan fingerprint density at radius 2 is 1.66 bits per heavy atom. The number of benzene rings is 3. The van der Waals surface area contributed by atoms with Gasteiger partial charge in [0.15, 0.2) is 11.9 Å². The van der Waals surface area contributed by atoms with Gasteiger partial charge in [-0.05, 0) is 67.9 Å². The Bertz CT molecular complexity index is 1130. The van der Waals surface area contributed by atoms with Gasteiger partial charge in [0.05, 0.1) is 0 Å². The molecule has 3 aromatic rings. The Kier molecular flexibility index (Phi) is 7.33. The van der Waals surface area contributed by atoms with E-state index >= 15 is 0 Å². The van der Waals surface area contributed by atoms with E-state index in [-0.39, 0.29) is 24.1 Å². The van der Waals surface area contributed by atoms with Gasteiger partial charge in [-0.2, -0.15) is 0 Å². The van der Waals surface area contributed by atoms with Gasteiger partial charge >= 0.3 is 0 Å². The molecule has 3 aromatic carbocycles. The van der Waals surface area contributed by atoms with Gasteiger partial charge in [-0.15, -0.1) is 0 Å². The molecule has 0 aliphatic heterocycles. The summed E-state index contributed by atoms with van der Waals surface area (Å²) >= 11 is 0. The summed E-state index contributed by atoms with van der Waals surface area (Å²) in [4.78, 5) is 36.2. The summed E-state index contributed by atoms with van der Waals surface area (Å²) in [6.07, 6.45) is -0.765. The van der Waals surface area contributed by atoms with Crippen LogP contribution < -0.4 is 15.4 Å². The van der Waals surface area contributed by atoms with Crippen LogP contribution in [-0.2, 0) is 11.3 Å². The minimum absolute atomic E-state index is 0.0843. The Hall–Kier alpha value is -4.00. The normalized spacial score (nSPS) is 11.3. The van der Waals surface area contributed by atoms with Crippen LogP contribution in [0.15, 0.2) is 72.8 Å². The minimum atomic E-state index is -0.765. The molecule has 1 atom stereocenters. The smallest absolute Gasteiger partial charge is 0.261 e. The lowest BCUT2D eigenvalue weighted by atomic mass is 10.1. The molecule has 0 saturated heterocycles. The number of anilines is 1. The van der Waals surface area contributed by atoms with Crippen molar-refractivity contribution in [1.82, 2.24) is 5.32 Å². The summed E-state index contributed by atoms with van der Waals surface area (Å²) < 4.78 is 18.7. The molecule has 0 fully saturated rings. The Morgan fingerprint density at radius 3 is 2.38 bits per heavy atom. The quantitative estimate of drug-likeness (QED) is 0.516. The van der Waals surface area contributed by atoms with E-state index in [1.165, 1.54) is 31.2 Å². The standard InChI is InChI=1S/C25H23FN2O4/c1-16(29)20-6-4-8-23(14-20)32-17(2)24(30)27-15-18-5-3-7-22(13-18)28-25(31)19-9-11-21(26)12-10-19/h3-14,17H,15H2,1-2H3,(H,27,30)(H,28,31). The van der Waals surface area contributed by atoms with Gasteiger partial charge in [-0.25, -0.2) is 4.39 Å². The number of Topliss-reactive ketones (excluding diaryl/α,β-unsaturated/α-hetero) is 1. The largest absolute Gasteiger partial charge is 0.481 e. The van der Waals surface area contributed by atoms with Crippen molar-refractivity contribution in [3.63, 3.8) is 0 Å². The first-order chi connectivity index (χ1) is 15.3. The Labute approximate surface area is 185 Å². The van der Waals surface area contributed by atoms with Gasteiger partial charge < -0.3 is 15.4 Å². The van der Waals surface area contributed by atoms with Gasteiger partial charge in [0.2, 0.25) is 0 Å². The summed E-state index contributed by atoms with van der Waals surface area (Å²) in [5.41, 5.74) is 2.18. The summed E-state index contributed by atoms with van der Waals surface area (Å²) in [7, 11) is 0. The molecule has 32 heavy (non-hydrogen) atoms. The average molecular weight is 434 g/mol. The number of carbonyl (C=O) groups excluding carboxylic acids is 3. The van der Waals surface area contributed by atoms with Crippen LogP contribution in [0.4, 0.5) is 10.1 Å². The molecule has 0 aromatic heterocycles. The van der Waals surface area contributed by atoms with Crippen molar-refractivity contribution in [3.8, 4) is 5.75 Å². The van der Waals surface area contributed by atoms with E-state index in [2.05, 4.69) is 10.6 Å². The topological polar surface area (TPSA) is 84.5 Å². The summed E-state index contributed by atoms with van der Waals surface area (Å²) in [5.74, 6) is -0.742. The molecule has 0 aliphatic carbocycles. The van der Waals surface area contributed by atoms with Crippen LogP contribution in [0.5, 0.6) is 5.75 Å². The van der Waals surface area contributed by atoms with Crippen molar-refractivity contribution in [2.45, 2.75) is 26.5 Å². The highest BCUT2D eigenvalue weighted by Crippen LogP contribution is 2.16. The maximum atomic E-state index is 13.0. The molecule has 0 spiro atoms. The maximum Gasteiger partial charge on any atom is 0.261 e. The third-order valence-corrected chi connectivity index (χ3v) is 4.68. The van der Waals surface area contributed by atoms with Gasteiger partial charge in [0.1, 0.15) is 11.6 Å². The average Bonchev–Trinajstić information content (AvgIpc) is 2.78. The van der Waals surface area contributed by atoms with E-state index in [0.29, 0.717) is 22.6 Å². The van der Waals surface area contributed by atoms with Crippen molar-refractivity contribution in [3.05, 3.63) is 95.3 Å². The zero-order chi connectivity index (χ0) is 23.1. The second kappa shape index (κ2) is 10.3. The first-order valence-corrected chi connectivity index (χ1v) is 10.0. The lowest BCUT2D eigenvalue weighted by molar-refractivity contribution is -0.127. The first-order valence-electron chi connectivity index (χ1n) is 10.0. The maximum absolute atomic E-state index is 13.0. The van der Waals surface area contributed by atoms with Crippen LogP contribution in [0.2, 0.25) is 0 Å². The van der Waals surface area contributed by atoms with Gasteiger partial charge in [-0.3, -0.25) is 14.4 Å². The highest BCUT2D eigenvalue weighted by atomic mass is 19.1. The van der Waals surface area contributed by atoms with E-state index < -0.39 is 11.9 Å². The molecule has 6 nitrogen and oxygen atoms in total. The molecular weight excluding hydrogens is 411 g/mol. The number of ether oxygens (including phenoxy) is 1. The Morgan fingerprint density at radius 1 is 0.938 bits per heavy atom.